The Balaban J connectivity index is 1.76. The summed E-state index contributed by atoms with van der Waals surface area (Å²) >= 11 is 0. The number of amides is 1. The van der Waals surface area contributed by atoms with E-state index in [1.165, 1.54) is 0 Å². The van der Waals surface area contributed by atoms with Gasteiger partial charge in [0.1, 0.15) is 11.5 Å². The summed E-state index contributed by atoms with van der Waals surface area (Å²) in [4.78, 5) is 16.8. The number of hydrogen-bond donors (Lipinski definition) is 1. The van der Waals surface area contributed by atoms with Crippen LogP contribution < -0.4 is 14.8 Å². The van der Waals surface area contributed by atoms with Crippen LogP contribution in [0.15, 0.2) is 48.5 Å². The van der Waals surface area contributed by atoms with E-state index in [0.717, 1.165) is 22.2 Å². The van der Waals surface area contributed by atoms with Crippen LogP contribution in [0.3, 0.4) is 0 Å². The van der Waals surface area contributed by atoms with Crippen molar-refractivity contribution in [3.63, 3.8) is 0 Å². The molecule has 0 radical (unpaired) electrons. The van der Waals surface area contributed by atoms with Gasteiger partial charge in [0, 0.05) is 17.1 Å². The number of nitrogens with zero attached hydrogens (tertiary/aromatic N) is 1. The number of carbonyl (C=O) groups excluding carboxylic acids is 1. The van der Waals surface area contributed by atoms with Crippen LogP contribution in [-0.4, -0.2) is 24.6 Å². The van der Waals surface area contributed by atoms with Crippen LogP contribution in [0.2, 0.25) is 0 Å². The van der Waals surface area contributed by atoms with Crippen molar-refractivity contribution in [1.29, 1.82) is 0 Å². The molecule has 3 aromatic rings. The zero-order valence-corrected chi connectivity index (χ0v) is 14.5. The molecule has 5 nitrogen and oxygen atoms in total. The third-order valence-corrected chi connectivity index (χ3v) is 3.87. The molecule has 0 spiro atoms. The van der Waals surface area contributed by atoms with E-state index < -0.39 is 0 Å². The number of fused-ring (bicyclic) bond motifs is 1. The van der Waals surface area contributed by atoms with E-state index in [9.17, 15) is 4.79 Å². The smallest absolute Gasteiger partial charge is 0.262 e. The summed E-state index contributed by atoms with van der Waals surface area (Å²) in [6.07, 6.45) is 0. The Hall–Kier alpha value is -3.08. The topological polar surface area (TPSA) is 60.5 Å². The standard InChI is InChI=1S/C20H20N2O3/c1-13-7-6-8-15-18(11-14(2)21-20(13)15)25-12-19(23)22-16-9-4-5-10-17(16)24-3/h4-11H,12H2,1-3H3,(H,22,23). The van der Waals surface area contributed by atoms with Crippen LogP contribution in [0.5, 0.6) is 11.5 Å². The molecule has 0 atom stereocenters. The van der Waals surface area contributed by atoms with Crippen molar-refractivity contribution in [3.8, 4) is 11.5 Å². The number of para-hydroxylation sites is 3. The van der Waals surface area contributed by atoms with Crippen molar-refractivity contribution in [2.24, 2.45) is 0 Å². The lowest BCUT2D eigenvalue weighted by Gasteiger charge is -2.13. The molecule has 1 amide bonds. The van der Waals surface area contributed by atoms with Crippen LogP contribution in [-0.2, 0) is 4.79 Å². The molecule has 1 N–H and O–H groups in total. The van der Waals surface area contributed by atoms with Crippen LogP contribution in [0, 0.1) is 13.8 Å². The first-order valence-electron chi connectivity index (χ1n) is 8.01. The number of aryl methyl sites for hydroxylation is 2. The van der Waals surface area contributed by atoms with Gasteiger partial charge in [-0.2, -0.15) is 0 Å². The van der Waals surface area contributed by atoms with Gasteiger partial charge in [-0.05, 0) is 37.6 Å². The summed E-state index contributed by atoms with van der Waals surface area (Å²) < 4.78 is 11.0. The third kappa shape index (κ3) is 3.71. The highest BCUT2D eigenvalue weighted by Crippen LogP contribution is 2.27. The number of anilines is 1. The number of ether oxygens (including phenoxy) is 2. The molecule has 0 saturated heterocycles. The fourth-order valence-electron chi connectivity index (χ4n) is 2.68. The van der Waals surface area contributed by atoms with Gasteiger partial charge in [-0.3, -0.25) is 9.78 Å². The zero-order chi connectivity index (χ0) is 17.8. The van der Waals surface area contributed by atoms with E-state index >= 15 is 0 Å². The second kappa shape index (κ2) is 7.21. The summed E-state index contributed by atoms with van der Waals surface area (Å²) in [5.74, 6) is 1.01. The van der Waals surface area contributed by atoms with Crippen LogP contribution in [0.25, 0.3) is 10.9 Å². The van der Waals surface area contributed by atoms with Crippen molar-refractivity contribution in [1.82, 2.24) is 4.98 Å². The molecule has 1 aromatic heterocycles. The van der Waals surface area contributed by atoms with Gasteiger partial charge in [0.15, 0.2) is 6.61 Å². The van der Waals surface area contributed by atoms with Crippen molar-refractivity contribution < 1.29 is 14.3 Å². The highest BCUT2D eigenvalue weighted by atomic mass is 16.5. The van der Waals surface area contributed by atoms with Crippen molar-refractivity contribution >= 4 is 22.5 Å². The lowest BCUT2D eigenvalue weighted by molar-refractivity contribution is -0.118. The maximum Gasteiger partial charge on any atom is 0.262 e. The number of rotatable bonds is 5. The minimum absolute atomic E-state index is 0.0927. The van der Waals surface area contributed by atoms with Gasteiger partial charge >= 0.3 is 0 Å². The number of hydrogen-bond acceptors (Lipinski definition) is 4. The number of nitrogens with one attached hydrogen (secondary N) is 1. The predicted octanol–water partition coefficient (Wildman–Crippen LogP) is 3.88. The van der Waals surface area contributed by atoms with E-state index in [1.807, 2.05) is 50.2 Å². The molecule has 5 heteroatoms. The van der Waals surface area contributed by atoms with E-state index in [-0.39, 0.29) is 12.5 Å². The highest BCUT2D eigenvalue weighted by molar-refractivity contribution is 5.94. The monoisotopic (exact) mass is 336 g/mol. The Kier molecular flexibility index (Phi) is 4.84. The Morgan fingerprint density at radius 3 is 2.68 bits per heavy atom. The van der Waals surface area contributed by atoms with Gasteiger partial charge in [-0.25, -0.2) is 0 Å². The third-order valence-electron chi connectivity index (χ3n) is 3.87. The fraction of sp³-hybridized carbons (Fsp3) is 0.200. The maximum absolute atomic E-state index is 12.2. The molecule has 1 heterocycles. The molecule has 3 rings (SSSR count). The lowest BCUT2D eigenvalue weighted by Crippen LogP contribution is -2.20. The Labute approximate surface area is 146 Å². The SMILES string of the molecule is COc1ccccc1NC(=O)COc1cc(C)nc2c(C)cccc12. The number of carbonyl (C=O) groups is 1. The summed E-state index contributed by atoms with van der Waals surface area (Å²) in [5, 5.41) is 3.70. The zero-order valence-electron chi connectivity index (χ0n) is 14.5. The van der Waals surface area contributed by atoms with Crippen molar-refractivity contribution in [2.75, 3.05) is 19.0 Å². The van der Waals surface area contributed by atoms with Gasteiger partial charge < -0.3 is 14.8 Å². The van der Waals surface area contributed by atoms with E-state index in [0.29, 0.717) is 17.2 Å². The summed E-state index contributed by atoms with van der Waals surface area (Å²) in [6, 6.07) is 15.0. The number of benzene rings is 2. The first-order chi connectivity index (χ1) is 12.1. The van der Waals surface area contributed by atoms with Gasteiger partial charge in [0.2, 0.25) is 0 Å². The molecular formula is C20H20N2O3. The highest BCUT2D eigenvalue weighted by Gasteiger charge is 2.11. The summed E-state index contributed by atoms with van der Waals surface area (Å²) in [7, 11) is 1.57. The number of methoxy groups -OCH3 is 1. The van der Waals surface area contributed by atoms with E-state index in [2.05, 4.69) is 10.3 Å². The molecule has 0 aliphatic carbocycles. The van der Waals surface area contributed by atoms with Crippen molar-refractivity contribution in [3.05, 3.63) is 59.8 Å². The Bertz CT molecular complexity index is 922. The molecule has 25 heavy (non-hydrogen) atoms. The van der Waals surface area contributed by atoms with Crippen molar-refractivity contribution in [2.45, 2.75) is 13.8 Å². The maximum atomic E-state index is 12.2. The lowest BCUT2D eigenvalue weighted by atomic mass is 10.1. The van der Waals surface area contributed by atoms with E-state index in [1.54, 1.807) is 19.2 Å². The average molecular weight is 336 g/mol. The first kappa shape index (κ1) is 16.8. The normalized spacial score (nSPS) is 10.5. The second-order valence-electron chi connectivity index (χ2n) is 5.77. The predicted molar refractivity (Wildman–Crippen MR) is 98.3 cm³/mol. The fourth-order valence-corrected chi connectivity index (χ4v) is 2.68. The largest absolute Gasteiger partial charge is 0.495 e. The molecule has 0 bridgehead atoms. The molecule has 0 aliphatic rings. The molecule has 0 saturated carbocycles. The molecule has 0 fully saturated rings. The first-order valence-corrected chi connectivity index (χ1v) is 8.01. The van der Waals surface area contributed by atoms with Gasteiger partial charge in [-0.15, -0.1) is 0 Å². The number of aromatic nitrogens is 1. The minimum Gasteiger partial charge on any atom is -0.495 e. The van der Waals surface area contributed by atoms with Gasteiger partial charge in [0.25, 0.3) is 5.91 Å². The summed E-state index contributed by atoms with van der Waals surface area (Å²) in [6.45, 7) is 3.82. The molecular weight excluding hydrogens is 316 g/mol. The number of pyridine rings is 1. The molecule has 2 aromatic carbocycles. The summed E-state index contributed by atoms with van der Waals surface area (Å²) in [5.41, 5.74) is 3.43. The Morgan fingerprint density at radius 2 is 1.88 bits per heavy atom. The molecule has 128 valence electrons. The second-order valence-corrected chi connectivity index (χ2v) is 5.77. The van der Waals surface area contributed by atoms with Gasteiger partial charge in [0.05, 0.1) is 18.3 Å². The Morgan fingerprint density at radius 1 is 1.08 bits per heavy atom. The van der Waals surface area contributed by atoms with Crippen LogP contribution >= 0.6 is 0 Å². The molecule has 0 unspecified atom stereocenters. The molecule has 0 aliphatic heterocycles. The van der Waals surface area contributed by atoms with Crippen LogP contribution in [0.4, 0.5) is 5.69 Å². The quantitative estimate of drug-likeness (QED) is 0.768. The average Bonchev–Trinajstić information content (AvgIpc) is 2.61. The van der Waals surface area contributed by atoms with Gasteiger partial charge in [-0.1, -0.05) is 24.3 Å². The minimum atomic E-state index is -0.250. The van der Waals surface area contributed by atoms with Crippen LogP contribution in [0.1, 0.15) is 11.3 Å². The van der Waals surface area contributed by atoms with E-state index in [4.69, 9.17) is 9.47 Å².